The number of hydrogen-bond donors (Lipinski definition) is 2. The first kappa shape index (κ1) is 35.5. The second-order valence-corrected chi connectivity index (χ2v) is 7.88. The fourth-order valence-corrected chi connectivity index (χ4v) is 2.84. The Labute approximate surface area is 199 Å². The fraction of sp³-hybridized carbons (Fsp3) is 0.765. The van der Waals surface area contributed by atoms with Crippen molar-refractivity contribution in [3.8, 4) is 0 Å². The molecular weight excluding hydrogens is 591 g/mol. The molecule has 38 heavy (non-hydrogen) atoms. The molecule has 0 aromatic rings. The zero-order chi connectivity index (χ0) is 31.5. The zero-order valence-electron chi connectivity index (χ0n) is 18.3. The lowest BCUT2D eigenvalue weighted by Crippen LogP contribution is -2.74. The number of aliphatic carboxylic acids is 2. The molecule has 4 nitrogen and oxygen atoms in total. The van der Waals surface area contributed by atoms with Crippen LogP contribution in [-0.2, 0) is 9.59 Å². The molecule has 21 heteroatoms. The predicted molar refractivity (Wildman–Crippen MR) is 87.0 cm³/mol. The van der Waals surface area contributed by atoms with E-state index in [1.165, 1.54) is 0 Å². The van der Waals surface area contributed by atoms with Crippen molar-refractivity contribution in [2.24, 2.45) is 11.8 Å². The van der Waals surface area contributed by atoms with Crippen molar-refractivity contribution in [2.45, 2.75) is 68.4 Å². The first-order valence-electron chi connectivity index (χ1n) is 9.17. The lowest BCUT2D eigenvalue weighted by molar-refractivity contribution is -0.462. The van der Waals surface area contributed by atoms with Gasteiger partial charge in [-0.3, -0.25) is 0 Å². The minimum absolute atomic E-state index is 0.512. The lowest BCUT2D eigenvalue weighted by atomic mass is 9.80. The van der Waals surface area contributed by atoms with Crippen molar-refractivity contribution < 1.29 is 94.4 Å². The molecule has 2 N–H and O–H groups in total. The maximum absolute atomic E-state index is 14.4. The Hall–Kier alpha value is -2.51. The molecule has 0 saturated heterocycles. The third kappa shape index (κ3) is 4.73. The summed E-state index contributed by atoms with van der Waals surface area (Å²) < 4.78 is 228. The SMILES string of the molecule is CC(C)C(C(=O)O)=C(C(=O)O)C(C)C(F)(F)C(F)(F)C(F)(F)C(F)(F)C(F)(F)C(F)(F)C(F)(F)C(F)(F)F. The Balaban J connectivity index is 7.30. The zero-order valence-corrected chi connectivity index (χ0v) is 18.3. The Morgan fingerprint density at radius 2 is 0.737 bits per heavy atom. The van der Waals surface area contributed by atoms with E-state index < -0.39 is 89.5 Å². The molecule has 0 aromatic carbocycles. The number of alkyl halides is 17. The summed E-state index contributed by atoms with van der Waals surface area (Å²) in [6.07, 6.45) is -7.89. The maximum Gasteiger partial charge on any atom is 0.460 e. The standard InChI is InChI=1S/C17H13F17O4/c1-4(2)6(8(35)36)7(9(37)38)5(3)10(18,19)11(20,21)12(22,23)13(24,25)14(26,27)15(28,29)16(30,31)17(32,33)34/h4-5H,1-3H3,(H,35,36)(H,37,38). The van der Waals surface area contributed by atoms with Gasteiger partial charge in [-0.25, -0.2) is 9.59 Å². The summed E-state index contributed by atoms with van der Waals surface area (Å²) in [5.74, 6) is -69.7. The molecule has 0 rings (SSSR count). The Kier molecular flexibility index (Phi) is 8.96. The predicted octanol–water partition coefficient (Wildman–Crippen LogP) is 6.75. The van der Waals surface area contributed by atoms with Gasteiger partial charge in [0.25, 0.3) is 0 Å². The first-order valence-corrected chi connectivity index (χ1v) is 9.17. The average molecular weight is 604 g/mol. The van der Waals surface area contributed by atoms with Crippen molar-refractivity contribution in [2.75, 3.05) is 0 Å². The topological polar surface area (TPSA) is 74.6 Å². The van der Waals surface area contributed by atoms with E-state index in [0.717, 1.165) is 0 Å². The van der Waals surface area contributed by atoms with Gasteiger partial charge in [-0.2, -0.15) is 74.6 Å². The highest BCUT2D eigenvalue weighted by molar-refractivity contribution is 5.99. The van der Waals surface area contributed by atoms with Gasteiger partial charge in [-0.1, -0.05) is 20.8 Å². The highest BCUT2D eigenvalue weighted by Gasteiger charge is 2.95. The number of carboxylic acid groups (broad SMARTS) is 2. The van der Waals surface area contributed by atoms with Crippen LogP contribution in [0.15, 0.2) is 11.1 Å². The molecule has 0 spiro atoms. The quantitative estimate of drug-likeness (QED) is 0.202. The van der Waals surface area contributed by atoms with E-state index in [9.17, 15) is 84.2 Å². The number of rotatable bonds is 11. The van der Waals surface area contributed by atoms with Crippen molar-refractivity contribution in [1.82, 2.24) is 0 Å². The van der Waals surface area contributed by atoms with Gasteiger partial charge in [-0.15, -0.1) is 0 Å². The normalized spacial score (nSPS) is 16.9. The lowest BCUT2D eigenvalue weighted by Gasteiger charge is -2.43. The number of halogens is 17. The molecule has 0 fully saturated rings. The van der Waals surface area contributed by atoms with E-state index in [4.69, 9.17) is 10.2 Å². The average Bonchev–Trinajstić information content (AvgIpc) is 2.68. The summed E-state index contributed by atoms with van der Waals surface area (Å²) >= 11 is 0. The van der Waals surface area contributed by atoms with Gasteiger partial charge in [0.05, 0.1) is 17.1 Å². The van der Waals surface area contributed by atoms with Gasteiger partial charge in [0.1, 0.15) is 0 Å². The van der Waals surface area contributed by atoms with Crippen LogP contribution in [0.5, 0.6) is 0 Å². The summed E-state index contributed by atoms with van der Waals surface area (Å²) in [4.78, 5) is 22.4. The summed E-state index contributed by atoms with van der Waals surface area (Å²) in [5.41, 5.74) is -4.13. The van der Waals surface area contributed by atoms with Crippen molar-refractivity contribution in [1.29, 1.82) is 0 Å². The molecule has 0 aromatic heterocycles. The first-order chi connectivity index (χ1) is 16.2. The smallest absolute Gasteiger partial charge is 0.460 e. The van der Waals surface area contributed by atoms with Crippen LogP contribution >= 0.6 is 0 Å². The van der Waals surface area contributed by atoms with E-state index in [1.807, 2.05) is 0 Å². The molecule has 0 aliphatic heterocycles. The maximum atomic E-state index is 14.4. The van der Waals surface area contributed by atoms with Gasteiger partial charge in [0, 0.05) is 0 Å². The van der Waals surface area contributed by atoms with Crippen molar-refractivity contribution in [3.63, 3.8) is 0 Å². The summed E-state index contributed by atoms with van der Waals surface area (Å²) in [5, 5.41) is 17.9. The Bertz CT molecular complexity index is 962. The van der Waals surface area contributed by atoms with Crippen LogP contribution in [0.2, 0.25) is 0 Å². The largest absolute Gasteiger partial charge is 0.478 e. The molecule has 1 unspecified atom stereocenters. The number of carbonyl (C=O) groups is 2. The number of hydrogen-bond acceptors (Lipinski definition) is 2. The third-order valence-corrected chi connectivity index (χ3v) is 5.05. The molecule has 0 amide bonds. The molecular formula is C17H13F17O4. The highest BCUT2D eigenvalue weighted by Crippen LogP contribution is 2.64. The van der Waals surface area contributed by atoms with Gasteiger partial charge in [0.15, 0.2) is 0 Å². The Morgan fingerprint density at radius 3 is 0.974 bits per heavy atom. The van der Waals surface area contributed by atoms with Crippen molar-refractivity contribution >= 4 is 11.9 Å². The van der Waals surface area contributed by atoms with Crippen LogP contribution in [0.3, 0.4) is 0 Å². The molecule has 0 radical (unpaired) electrons. The molecule has 0 heterocycles. The summed E-state index contributed by atoms with van der Waals surface area (Å²) in [6.45, 7) is 0.907. The molecule has 1 atom stereocenters. The molecule has 0 saturated carbocycles. The minimum Gasteiger partial charge on any atom is -0.478 e. The van der Waals surface area contributed by atoms with E-state index >= 15 is 0 Å². The van der Waals surface area contributed by atoms with Crippen LogP contribution in [0, 0.1) is 11.8 Å². The van der Waals surface area contributed by atoms with Crippen LogP contribution in [0.4, 0.5) is 74.6 Å². The number of carboxylic acids is 2. The molecule has 0 aliphatic carbocycles. The highest BCUT2D eigenvalue weighted by atomic mass is 19.4. The van der Waals surface area contributed by atoms with Gasteiger partial charge in [-0.05, 0) is 5.92 Å². The van der Waals surface area contributed by atoms with Crippen molar-refractivity contribution in [3.05, 3.63) is 11.1 Å². The van der Waals surface area contributed by atoms with E-state index in [1.54, 1.807) is 0 Å². The summed E-state index contributed by atoms with van der Waals surface area (Å²) in [6, 6.07) is 0. The van der Waals surface area contributed by atoms with Gasteiger partial charge in [0.2, 0.25) is 0 Å². The second kappa shape index (κ2) is 9.60. The third-order valence-electron chi connectivity index (χ3n) is 5.05. The molecule has 224 valence electrons. The molecule has 0 aliphatic rings. The van der Waals surface area contributed by atoms with Gasteiger partial charge >= 0.3 is 59.6 Å². The van der Waals surface area contributed by atoms with E-state index in [-0.39, 0.29) is 0 Å². The van der Waals surface area contributed by atoms with Crippen LogP contribution in [0.25, 0.3) is 0 Å². The van der Waals surface area contributed by atoms with Crippen LogP contribution in [0.1, 0.15) is 20.8 Å². The Morgan fingerprint density at radius 1 is 0.474 bits per heavy atom. The minimum atomic E-state index is -8.83. The van der Waals surface area contributed by atoms with Crippen LogP contribution in [-0.4, -0.2) is 69.8 Å². The molecule has 0 bridgehead atoms. The van der Waals surface area contributed by atoms with E-state index in [0.29, 0.717) is 13.8 Å². The van der Waals surface area contributed by atoms with E-state index in [2.05, 4.69) is 0 Å². The van der Waals surface area contributed by atoms with Gasteiger partial charge < -0.3 is 10.2 Å². The summed E-state index contributed by atoms with van der Waals surface area (Å²) in [7, 11) is 0. The fourth-order valence-electron chi connectivity index (χ4n) is 2.84. The second-order valence-electron chi connectivity index (χ2n) is 7.88. The van der Waals surface area contributed by atoms with Crippen LogP contribution < -0.4 is 0 Å². The monoisotopic (exact) mass is 604 g/mol.